The molecule has 7 nitrogen and oxygen atoms in total. The molecule has 2 aromatic rings. The number of hydrogen-bond acceptors (Lipinski definition) is 5. The van der Waals surface area contributed by atoms with E-state index in [-0.39, 0.29) is 28.1 Å². The van der Waals surface area contributed by atoms with E-state index in [1.165, 1.54) is 24.3 Å². The second-order valence-electron chi connectivity index (χ2n) is 8.65. The third-order valence-electron chi connectivity index (χ3n) is 6.49. The molecule has 1 saturated heterocycles. The maximum atomic E-state index is 12.9. The number of esters is 1. The number of rotatable bonds is 5. The minimum atomic E-state index is -0.689. The van der Waals surface area contributed by atoms with E-state index >= 15 is 0 Å². The summed E-state index contributed by atoms with van der Waals surface area (Å²) in [5, 5.41) is 2.01. The second kappa shape index (κ2) is 9.76. The van der Waals surface area contributed by atoms with Crippen molar-refractivity contribution in [2.24, 2.45) is 11.8 Å². The molecule has 0 spiro atoms. The summed E-state index contributed by atoms with van der Waals surface area (Å²) in [7, 11) is 0. The average molecular weight is 503 g/mol. The number of aryl methyl sites for hydroxylation is 1. The third kappa shape index (κ3) is 4.68. The molecule has 1 saturated carbocycles. The zero-order valence-corrected chi connectivity index (χ0v) is 20.2. The van der Waals surface area contributed by atoms with Crippen LogP contribution in [0.1, 0.15) is 34.3 Å². The number of nitrogens with zero attached hydrogens (tertiary/aromatic N) is 1. The number of halogens is 2. The Kier molecular flexibility index (Phi) is 6.96. The molecule has 2 aliphatic rings. The molecule has 1 aliphatic heterocycles. The molecule has 0 radical (unpaired) electrons. The number of alkyl halides is 2. The van der Waals surface area contributed by atoms with Gasteiger partial charge in [-0.3, -0.25) is 19.3 Å². The SMILES string of the molecule is Cc1cccc(NC(=O)COC(=O)c2ccc(N3C(=O)[C@@H]4C[C@@H](Cl)[C@@H](Cl)C[C@H]4C3=O)cc2)c1C. The summed E-state index contributed by atoms with van der Waals surface area (Å²) < 4.78 is 5.11. The Morgan fingerprint density at radius 3 is 2.15 bits per heavy atom. The van der Waals surface area contributed by atoms with Crippen LogP contribution < -0.4 is 10.2 Å². The molecule has 2 fully saturated rings. The first-order valence-electron chi connectivity index (χ1n) is 11.0. The van der Waals surface area contributed by atoms with Crippen molar-refractivity contribution in [3.63, 3.8) is 0 Å². The Balaban J connectivity index is 1.37. The molecular formula is C25H24Cl2N2O5. The summed E-state index contributed by atoms with van der Waals surface area (Å²) in [6.07, 6.45) is 0.714. The number of benzene rings is 2. The largest absolute Gasteiger partial charge is 0.452 e. The Hall–Kier alpha value is -2.90. The fourth-order valence-corrected chi connectivity index (χ4v) is 4.97. The number of amides is 3. The van der Waals surface area contributed by atoms with Crippen LogP contribution in [0.3, 0.4) is 0 Å². The van der Waals surface area contributed by atoms with E-state index in [4.69, 9.17) is 27.9 Å². The number of imide groups is 1. The van der Waals surface area contributed by atoms with E-state index in [1.807, 2.05) is 26.0 Å². The standard InChI is InChI=1S/C25H24Cl2N2O5/c1-13-4-3-5-21(14(13)2)28-22(30)12-34-25(33)15-6-8-16(9-7-15)29-23(31)17-10-19(26)20(27)11-18(17)24(29)32/h3-9,17-20H,10-12H2,1-2H3,(H,28,30)/t17-,18-,19-,20+/m1/s1. The van der Waals surface area contributed by atoms with Gasteiger partial charge >= 0.3 is 5.97 Å². The molecule has 2 aromatic carbocycles. The van der Waals surface area contributed by atoms with Crippen LogP contribution in [0.5, 0.6) is 0 Å². The zero-order chi connectivity index (χ0) is 24.6. The molecule has 0 unspecified atom stereocenters. The van der Waals surface area contributed by atoms with Gasteiger partial charge in [0.15, 0.2) is 6.61 Å². The average Bonchev–Trinajstić information content (AvgIpc) is 3.05. The normalized spacial score (nSPS) is 24.1. The summed E-state index contributed by atoms with van der Waals surface area (Å²) in [6.45, 7) is 3.39. The highest BCUT2D eigenvalue weighted by Crippen LogP contribution is 2.43. The number of carbonyl (C=O) groups excluding carboxylic acids is 4. The summed E-state index contributed by atoms with van der Waals surface area (Å²) in [5.41, 5.74) is 3.19. The van der Waals surface area contributed by atoms with Crippen molar-refractivity contribution in [1.82, 2.24) is 0 Å². The van der Waals surface area contributed by atoms with Crippen LogP contribution in [0, 0.1) is 25.7 Å². The zero-order valence-electron chi connectivity index (χ0n) is 18.7. The van der Waals surface area contributed by atoms with Crippen LogP contribution in [-0.4, -0.2) is 41.1 Å². The molecule has 1 aliphatic carbocycles. The number of hydrogen-bond donors (Lipinski definition) is 1. The minimum absolute atomic E-state index is 0.196. The van der Waals surface area contributed by atoms with E-state index in [1.54, 1.807) is 6.07 Å². The Morgan fingerprint density at radius 2 is 1.56 bits per heavy atom. The minimum Gasteiger partial charge on any atom is -0.452 e. The van der Waals surface area contributed by atoms with Gasteiger partial charge in [0.25, 0.3) is 5.91 Å². The molecule has 178 valence electrons. The molecule has 0 bridgehead atoms. The van der Waals surface area contributed by atoms with Crippen molar-refractivity contribution in [1.29, 1.82) is 0 Å². The van der Waals surface area contributed by atoms with Gasteiger partial charge in [-0.15, -0.1) is 23.2 Å². The van der Waals surface area contributed by atoms with E-state index in [2.05, 4.69) is 5.32 Å². The molecule has 4 rings (SSSR count). The Bertz CT molecular complexity index is 1120. The quantitative estimate of drug-likeness (QED) is 0.375. The topological polar surface area (TPSA) is 92.8 Å². The first kappa shape index (κ1) is 24.2. The number of carbonyl (C=O) groups is 4. The Morgan fingerprint density at radius 1 is 0.971 bits per heavy atom. The van der Waals surface area contributed by atoms with Gasteiger partial charge in [0.2, 0.25) is 11.8 Å². The van der Waals surface area contributed by atoms with Crippen LogP contribution >= 0.6 is 23.2 Å². The van der Waals surface area contributed by atoms with Crippen molar-refractivity contribution in [3.8, 4) is 0 Å². The summed E-state index contributed by atoms with van der Waals surface area (Å²) in [5.74, 6) is -2.71. The molecular weight excluding hydrogens is 479 g/mol. The van der Waals surface area contributed by atoms with Gasteiger partial charge in [-0.05, 0) is 68.1 Å². The van der Waals surface area contributed by atoms with Gasteiger partial charge in [-0.2, -0.15) is 0 Å². The fourth-order valence-electron chi connectivity index (χ4n) is 4.38. The van der Waals surface area contributed by atoms with Crippen LogP contribution in [0.15, 0.2) is 42.5 Å². The smallest absolute Gasteiger partial charge is 0.338 e. The third-order valence-corrected chi connectivity index (χ3v) is 7.58. The lowest BCUT2D eigenvalue weighted by Gasteiger charge is -2.28. The molecule has 0 aromatic heterocycles. The van der Waals surface area contributed by atoms with Gasteiger partial charge in [0.05, 0.1) is 33.8 Å². The molecule has 4 atom stereocenters. The van der Waals surface area contributed by atoms with E-state index in [9.17, 15) is 19.2 Å². The van der Waals surface area contributed by atoms with Gasteiger partial charge in [0, 0.05) is 5.69 Å². The van der Waals surface area contributed by atoms with E-state index in [0.717, 1.165) is 16.0 Å². The highest BCUT2D eigenvalue weighted by Gasteiger charge is 2.52. The van der Waals surface area contributed by atoms with Crippen molar-refractivity contribution in [2.45, 2.75) is 37.4 Å². The van der Waals surface area contributed by atoms with Crippen LogP contribution in [0.4, 0.5) is 11.4 Å². The molecule has 1 heterocycles. The lowest BCUT2D eigenvalue weighted by molar-refractivity contribution is -0.122. The summed E-state index contributed by atoms with van der Waals surface area (Å²) in [6, 6.07) is 11.5. The number of nitrogens with one attached hydrogen (secondary N) is 1. The van der Waals surface area contributed by atoms with Crippen molar-refractivity contribution < 1.29 is 23.9 Å². The van der Waals surface area contributed by atoms with Crippen molar-refractivity contribution in [2.75, 3.05) is 16.8 Å². The van der Waals surface area contributed by atoms with Crippen LogP contribution in [0.2, 0.25) is 0 Å². The molecule has 34 heavy (non-hydrogen) atoms. The van der Waals surface area contributed by atoms with Gasteiger partial charge < -0.3 is 10.1 Å². The molecule has 3 amide bonds. The van der Waals surface area contributed by atoms with Crippen molar-refractivity contribution >= 4 is 58.3 Å². The molecule has 1 N–H and O–H groups in total. The van der Waals surface area contributed by atoms with Gasteiger partial charge in [-0.25, -0.2) is 4.79 Å². The first-order valence-corrected chi connectivity index (χ1v) is 11.8. The van der Waals surface area contributed by atoms with Gasteiger partial charge in [-0.1, -0.05) is 12.1 Å². The maximum absolute atomic E-state index is 12.9. The first-order chi connectivity index (χ1) is 16.2. The van der Waals surface area contributed by atoms with E-state index in [0.29, 0.717) is 24.2 Å². The fraction of sp³-hybridized carbons (Fsp3) is 0.360. The van der Waals surface area contributed by atoms with Gasteiger partial charge in [0.1, 0.15) is 0 Å². The predicted octanol–water partition coefficient (Wildman–Crippen LogP) is 4.21. The van der Waals surface area contributed by atoms with E-state index < -0.39 is 30.3 Å². The number of fused-ring (bicyclic) bond motifs is 1. The second-order valence-corrected chi connectivity index (χ2v) is 9.77. The monoisotopic (exact) mass is 502 g/mol. The van der Waals surface area contributed by atoms with Crippen molar-refractivity contribution in [3.05, 3.63) is 59.2 Å². The highest BCUT2D eigenvalue weighted by molar-refractivity contribution is 6.31. The summed E-state index contributed by atoms with van der Waals surface area (Å²) in [4.78, 5) is 51.4. The maximum Gasteiger partial charge on any atom is 0.338 e. The number of anilines is 2. The summed E-state index contributed by atoms with van der Waals surface area (Å²) >= 11 is 12.4. The Labute approximate surface area is 207 Å². The predicted molar refractivity (Wildman–Crippen MR) is 129 cm³/mol. The highest BCUT2D eigenvalue weighted by atomic mass is 35.5. The van der Waals surface area contributed by atoms with Crippen LogP contribution in [0.25, 0.3) is 0 Å². The lowest BCUT2D eigenvalue weighted by Crippen LogP contribution is -2.34. The van der Waals surface area contributed by atoms with Crippen LogP contribution in [-0.2, 0) is 19.1 Å². The number of ether oxygens (including phenoxy) is 1. The lowest BCUT2D eigenvalue weighted by atomic mass is 9.80. The molecule has 9 heteroatoms.